The molecule has 17 nitrogen and oxygen atoms in total. The van der Waals surface area contributed by atoms with E-state index in [0.717, 1.165) is 191 Å². The lowest BCUT2D eigenvalue weighted by atomic mass is 9.91. The molecule has 2 atom stereocenters. The summed E-state index contributed by atoms with van der Waals surface area (Å²) >= 11 is 0. The summed E-state index contributed by atoms with van der Waals surface area (Å²) in [6.45, 7) is 22.0. The standard InChI is InChI=1S/C38H46N4O4.C31H35N3O3.C7H13NO2.CH4/c1-27-30(9-6-10-32(27)33-11-7-13-36(28(33)2)46-20-8-16-41-18-21-45-22-19-41)24-34-37-31(14-15-39-34)23-29(25-40-37)26-42-17-5-4-12-35(42)38(43)44-3;1-22-25(19-29-31-26(10-11-32-29)18-24(21-35)20-33-31)6-3-7-27(22)28-8-4-9-30(23(28)2)37-15-5-12-34-13-16-36-17-14-34;1-10-7(9)6-4-2-3-5-8-6;/h6-7,9-11,13-15,23,25,35H,4-5,8,12,16-22,24,26H2,1-3H3;3-4,6-11,18,20,35H,5,12-17,19,21H2,1-2H3;6,8H,2-5H2,1H3;1H4. The van der Waals surface area contributed by atoms with E-state index in [2.05, 4.69) is 141 Å². The molecule has 8 heterocycles. The fourth-order valence-electron chi connectivity index (χ4n) is 13.2. The predicted molar refractivity (Wildman–Crippen MR) is 373 cm³/mol. The van der Waals surface area contributed by atoms with Crippen LogP contribution in [0.4, 0.5) is 0 Å². The van der Waals surface area contributed by atoms with Crippen LogP contribution in [0.3, 0.4) is 0 Å². The first kappa shape index (κ1) is 70.6. The van der Waals surface area contributed by atoms with Crippen LogP contribution in [0.1, 0.15) is 115 Å². The van der Waals surface area contributed by atoms with Crippen LogP contribution in [0.5, 0.6) is 11.5 Å². The van der Waals surface area contributed by atoms with Crippen LogP contribution in [0.15, 0.2) is 122 Å². The molecule has 4 fully saturated rings. The molecule has 8 aromatic rings. The van der Waals surface area contributed by atoms with E-state index in [1.807, 2.05) is 36.8 Å². The van der Waals surface area contributed by atoms with Gasteiger partial charge < -0.3 is 38.8 Å². The van der Waals surface area contributed by atoms with Gasteiger partial charge in [0, 0.05) is 94.2 Å². The van der Waals surface area contributed by atoms with Gasteiger partial charge in [-0.2, -0.15) is 0 Å². The molecule has 2 unspecified atom stereocenters. The number of hydrogen-bond acceptors (Lipinski definition) is 17. The summed E-state index contributed by atoms with van der Waals surface area (Å²) in [5.74, 6) is 1.62. The van der Waals surface area contributed by atoms with Gasteiger partial charge in [0.05, 0.1) is 82.9 Å². The number of carbonyl (C=O) groups is 2. The fraction of sp³-hybridized carbons (Fsp3) is 0.455. The molecule has 0 spiro atoms. The summed E-state index contributed by atoms with van der Waals surface area (Å²) < 4.78 is 33.1. The second-order valence-corrected chi connectivity index (χ2v) is 24.7. The molecule has 500 valence electrons. The molecule has 4 aromatic carbocycles. The Hall–Kier alpha value is -7.74. The number of pyridine rings is 4. The van der Waals surface area contributed by atoms with Crippen molar-refractivity contribution in [2.75, 3.05) is 106 Å². The van der Waals surface area contributed by atoms with E-state index in [1.54, 1.807) is 6.20 Å². The first-order valence-electron chi connectivity index (χ1n) is 33.4. The minimum atomic E-state index is -0.186. The molecule has 17 heteroatoms. The molecule has 94 heavy (non-hydrogen) atoms. The van der Waals surface area contributed by atoms with Gasteiger partial charge in [0.2, 0.25) is 0 Å². The number of ether oxygens (including phenoxy) is 6. The largest absolute Gasteiger partial charge is 0.493 e. The first-order chi connectivity index (χ1) is 45.5. The maximum Gasteiger partial charge on any atom is 0.323 e. The van der Waals surface area contributed by atoms with E-state index in [1.165, 1.54) is 65.1 Å². The molecule has 0 amide bonds. The van der Waals surface area contributed by atoms with Crippen molar-refractivity contribution in [3.05, 3.63) is 178 Å². The third-order valence-corrected chi connectivity index (χ3v) is 18.6. The van der Waals surface area contributed by atoms with Crippen molar-refractivity contribution in [1.29, 1.82) is 0 Å². The van der Waals surface area contributed by atoms with Crippen LogP contribution in [-0.2, 0) is 54.5 Å². The van der Waals surface area contributed by atoms with Crippen molar-refractivity contribution in [2.24, 2.45) is 0 Å². The van der Waals surface area contributed by atoms with E-state index in [9.17, 15) is 14.7 Å². The second kappa shape index (κ2) is 35.7. The van der Waals surface area contributed by atoms with Gasteiger partial charge in [-0.3, -0.25) is 44.2 Å². The number of hydrogen-bond donors (Lipinski definition) is 2. The van der Waals surface area contributed by atoms with Crippen molar-refractivity contribution in [1.82, 2.24) is 40.0 Å². The number of likely N-dealkylation sites (tertiary alicyclic amines) is 1. The van der Waals surface area contributed by atoms with Gasteiger partial charge in [-0.15, -0.1) is 0 Å². The number of nitrogens with zero attached hydrogens (tertiary/aromatic N) is 7. The summed E-state index contributed by atoms with van der Waals surface area (Å²) in [5, 5.41) is 14.6. The molecule has 0 aliphatic carbocycles. The number of carbonyl (C=O) groups excluding carboxylic acids is 2. The number of piperidine rings is 2. The van der Waals surface area contributed by atoms with E-state index in [0.29, 0.717) is 32.6 Å². The molecule has 0 saturated carbocycles. The van der Waals surface area contributed by atoms with Crippen molar-refractivity contribution in [3.8, 4) is 33.8 Å². The maximum atomic E-state index is 12.4. The van der Waals surface area contributed by atoms with Crippen molar-refractivity contribution >= 4 is 33.7 Å². The van der Waals surface area contributed by atoms with Crippen LogP contribution in [-0.4, -0.2) is 170 Å². The lowest BCUT2D eigenvalue weighted by Crippen LogP contribution is -2.44. The highest BCUT2D eigenvalue weighted by Gasteiger charge is 2.30. The smallest absolute Gasteiger partial charge is 0.323 e. The number of rotatable bonds is 21. The SMILES string of the molecule is C.COC(=O)C1CCCCN1.COC(=O)C1CCCCN1Cc1cnc2c(Cc3cccc(-c4cccc(OCCCN5CCOCC5)c4C)c3C)nccc2c1.Cc1c(Cc2nccc3cc(CO)cnc23)cccc1-c1cccc(OCCCN2CCOCC2)c1C. The maximum absolute atomic E-state index is 12.4. The Morgan fingerprint density at radius 2 is 1.04 bits per heavy atom. The van der Waals surface area contributed by atoms with Crippen LogP contribution in [0, 0.1) is 27.7 Å². The highest BCUT2D eigenvalue weighted by Crippen LogP contribution is 2.36. The number of esters is 2. The fourth-order valence-corrected chi connectivity index (χ4v) is 13.2. The normalized spacial score (nSPS) is 17.0. The molecular formula is C77H98N8O9. The zero-order valence-electron chi connectivity index (χ0n) is 55.4. The zero-order chi connectivity index (χ0) is 64.9. The van der Waals surface area contributed by atoms with E-state index in [-0.39, 0.29) is 38.1 Å². The summed E-state index contributed by atoms with van der Waals surface area (Å²) in [5.41, 5.74) is 17.7. The van der Waals surface area contributed by atoms with Gasteiger partial charge in [-0.25, -0.2) is 0 Å². The van der Waals surface area contributed by atoms with Gasteiger partial charge in [-0.1, -0.05) is 80.9 Å². The number of nitrogens with one attached hydrogen (secondary N) is 1. The number of aliphatic hydroxyl groups excluding tert-OH is 1. The lowest BCUT2D eigenvalue weighted by Gasteiger charge is -2.33. The molecular weight excluding hydrogens is 1180 g/mol. The summed E-state index contributed by atoms with van der Waals surface area (Å²) in [4.78, 5) is 49.3. The summed E-state index contributed by atoms with van der Waals surface area (Å²) in [6.07, 6.45) is 17.0. The minimum Gasteiger partial charge on any atom is -0.493 e. The first-order valence-corrected chi connectivity index (χ1v) is 33.4. The Morgan fingerprint density at radius 1 is 0.564 bits per heavy atom. The Kier molecular flexibility index (Phi) is 26.8. The average molecular weight is 1280 g/mol. The van der Waals surface area contributed by atoms with Gasteiger partial charge in [0.1, 0.15) is 23.6 Å². The Balaban J connectivity index is 0.000000194. The molecule has 4 aliphatic heterocycles. The van der Waals surface area contributed by atoms with Gasteiger partial charge in [0.25, 0.3) is 0 Å². The zero-order valence-corrected chi connectivity index (χ0v) is 55.4. The minimum absolute atomic E-state index is 0. The van der Waals surface area contributed by atoms with E-state index < -0.39 is 0 Å². The topological polar surface area (TPSA) is 183 Å². The second-order valence-electron chi connectivity index (χ2n) is 24.7. The molecule has 4 aliphatic rings. The average Bonchev–Trinajstić information content (AvgIpc) is 0.838. The highest BCUT2D eigenvalue weighted by atomic mass is 16.5. The monoisotopic (exact) mass is 1280 g/mol. The molecule has 0 radical (unpaired) electrons. The number of fused-ring (bicyclic) bond motifs is 2. The third-order valence-electron chi connectivity index (χ3n) is 18.6. The molecule has 2 N–H and O–H groups in total. The summed E-state index contributed by atoms with van der Waals surface area (Å²) in [7, 11) is 2.90. The third kappa shape index (κ3) is 18.6. The van der Waals surface area contributed by atoms with Crippen molar-refractivity contribution in [3.63, 3.8) is 0 Å². The van der Waals surface area contributed by atoms with Crippen LogP contribution in [0.25, 0.3) is 44.1 Å². The Labute approximate surface area is 556 Å². The van der Waals surface area contributed by atoms with Gasteiger partial charge in [0.15, 0.2) is 0 Å². The van der Waals surface area contributed by atoms with Crippen LogP contribution in [0.2, 0.25) is 0 Å². The quantitative estimate of drug-likeness (QED) is 0.0511. The highest BCUT2D eigenvalue weighted by molar-refractivity contribution is 5.83. The van der Waals surface area contributed by atoms with Crippen molar-refractivity contribution in [2.45, 2.75) is 125 Å². The number of aromatic nitrogens is 4. The molecule has 0 bridgehead atoms. The van der Waals surface area contributed by atoms with Crippen LogP contribution < -0.4 is 14.8 Å². The molecule has 4 saturated heterocycles. The number of morpholine rings is 2. The number of benzene rings is 4. The Morgan fingerprint density at radius 3 is 1.53 bits per heavy atom. The van der Waals surface area contributed by atoms with E-state index in [4.69, 9.17) is 33.7 Å². The Bertz CT molecular complexity index is 3750. The van der Waals surface area contributed by atoms with Crippen molar-refractivity contribution < 1.29 is 43.1 Å². The van der Waals surface area contributed by atoms with Crippen LogP contribution >= 0.6 is 0 Å². The van der Waals surface area contributed by atoms with Gasteiger partial charge in [-0.05, 0) is 182 Å². The lowest BCUT2D eigenvalue weighted by molar-refractivity contribution is -0.148. The number of methoxy groups -OCH3 is 2. The van der Waals surface area contributed by atoms with E-state index >= 15 is 0 Å². The van der Waals surface area contributed by atoms with Gasteiger partial charge >= 0.3 is 11.9 Å². The summed E-state index contributed by atoms with van der Waals surface area (Å²) in [6, 6.07) is 33.6. The predicted octanol–water partition coefficient (Wildman–Crippen LogP) is 12.2. The molecule has 4 aromatic heterocycles. The molecule has 12 rings (SSSR count). The number of aliphatic hydroxyl groups is 1.